The number of benzene rings is 2. The Bertz CT molecular complexity index is 813. The predicted octanol–water partition coefficient (Wildman–Crippen LogP) is 4.44. The number of carbonyl (C=O) groups excluding carboxylic acids is 1. The summed E-state index contributed by atoms with van der Waals surface area (Å²) in [5.41, 5.74) is 2.56. The number of halogens is 1. The molecule has 2 aromatic carbocycles. The summed E-state index contributed by atoms with van der Waals surface area (Å²) >= 11 is 1.42. The van der Waals surface area contributed by atoms with Gasteiger partial charge >= 0.3 is 0 Å². The Balaban J connectivity index is 1.73. The molecule has 0 saturated heterocycles. The molecule has 0 saturated carbocycles. The number of anilines is 1. The third-order valence-electron chi connectivity index (χ3n) is 3.37. The van der Waals surface area contributed by atoms with Crippen LogP contribution in [0.15, 0.2) is 54.6 Å². The molecule has 0 aliphatic carbocycles. The summed E-state index contributed by atoms with van der Waals surface area (Å²) < 4.78 is 13.0. The summed E-state index contributed by atoms with van der Waals surface area (Å²) in [6.07, 6.45) is 0.311. The number of aromatic nitrogens is 1. The fourth-order valence-corrected chi connectivity index (χ4v) is 3.12. The van der Waals surface area contributed by atoms with Gasteiger partial charge < -0.3 is 5.32 Å². The van der Waals surface area contributed by atoms with E-state index >= 15 is 0 Å². The second kappa shape index (κ2) is 6.71. The summed E-state index contributed by atoms with van der Waals surface area (Å²) in [7, 11) is 0. The number of nitrogens with one attached hydrogen (secondary N) is 1. The molecule has 1 amide bonds. The fourth-order valence-electron chi connectivity index (χ4n) is 2.27. The van der Waals surface area contributed by atoms with Crippen LogP contribution < -0.4 is 5.32 Å². The molecule has 0 atom stereocenters. The molecule has 3 nitrogen and oxygen atoms in total. The molecule has 1 aromatic heterocycles. The third-order valence-corrected chi connectivity index (χ3v) is 4.25. The van der Waals surface area contributed by atoms with Crippen molar-refractivity contribution in [2.45, 2.75) is 13.3 Å². The van der Waals surface area contributed by atoms with Gasteiger partial charge in [-0.15, -0.1) is 11.3 Å². The molecule has 23 heavy (non-hydrogen) atoms. The van der Waals surface area contributed by atoms with E-state index in [1.54, 1.807) is 12.1 Å². The van der Waals surface area contributed by atoms with Crippen molar-refractivity contribution in [3.63, 3.8) is 0 Å². The minimum absolute atomic E-state index is 0.101. The van der Waals surface area contributed by atoms with Crippen LogP contribution in [-0.2, 0) is 11.2 Å². The number of thiazole rings is 1. The molecule has 0 aliphatic rings. The van der Waals surface area contributed by atoms with Crippen LogP contribution in [0.2, 0.25) is 0 Å². The van der Waals surface area contributed by atoms with Crippen LogP contribution >= 0.6 is 11.3 Å². The van der Waals surface area contributed by atoms with Gasteiger partial charge in [0.1, 0.15) is 5.82 Å². The van der Waals surface area contributed by atoms with E-state index < -0.39 is 0 Å². The van der Waals surface area contributed by atoms with Gasteiger partial charge in [-0.1, -0.05) is 30.3 Å². The molecule has 116 valence electrons. The first-order valence-corrected chi connectivity index (χ1v) is 8.00. The Morgan fingerprint density at radius 1 is 1.13 bits per heavy atom. The zero-order valence-corrected chi connectivity index (χ0v) is 13.4. The standard InChI is InChI=1S/C18H15FN2OS/c1-12-17(14-7-9-15(19)10-8-14)21-18(23-12)20-16(22)11-13-5-3-2-4-6-13/h2-10H,11H2,1H3,(H,20,21,22). The van der Waals surface area contributed by atoms with E-state index in [9.17, 15) is 9.18 Å². The van der Waals surface area contributed by atoms with Crippen LogP contribution in [0.3, 0.4) is 0 Å². The molecule has 0 unspecified atom stereocenters. The zero-order chi connectivity index (χ0) is 16.2. The summed E-state index contributed by atoms with van der Waals surface area (Å²) in [5, 5.41) is 3.39. The van der Waals surface area contributed by atoms with Crippen molar-refractivity contribution in [3.05, 3.63) is 70.9 Å². The molecule has 0 radical (unpaired) electrons. The van der Waals surface area contributed by atoms with Crippen molar-refractivity contribution in [2.24, 2.45) is 0 Å². The molecule has 0 bridgehead atoms. The summed E-state index contributed by atoms with van der Waals surface area (Å²) in [5.74, 6) is -0.381. The van der Waals surface area contributed by atoms with E-state index in [0.29, 0.717) is 11.6 Å². The van der Waals surface area contributed by atoms with Crippen LogP contribution in [0.1, 0.15) is 10.4 Å². The Hall–Kier alpha value is -2.53. The molecule has 0 fully saturated rings. The highest BCUT2D eigenvalue weighted by Crippen LogP contribution is 2.30. The highest BCUT2D eigenvalue weighted by Gasteiger charge is 2.12. The van der Waals surface area contributed by atoms with Gasteiger partial charge in [0.25, 0.3) is 0 Å². The van der Waals surface area contributed by atoms with Gasteiger partial charge in [-0.05, 0) is 36.8 Å². The number of carbonyl (C=O) groups is 1. The highest BCUT2D eigenvalue weighted by atomic mass is 32.1. The Morgan fingerprint density at radius 3 is 2.52 bits per heavy atom. The molecule has 1 N–H and O–H groups in total. The first-order chi connectivity index (χ1) is 11.1. The van der Waals surface area contributed by atoms with E-state index in [1.165, 1.54) is 23.5 Å². The molecule has 3 aromatic rings. The first kappa shape index (κ1) is 15.4. The van der Waals surface area contributed by atoms with Crippen molar-refractivity contribution in [1.29, 1.82) is 0 Å². The summed E-state index contributed by atoms with van der Waals surface area (Å²) in [4.78, 5) is 17.5. The van der Waals surface area contributed by atoms with Gasteiger partial charge in [0.2, 0.25) is 5.91 Å². The minimum atomic E-state index is -0.280. The summed E-state index contributed by atoms with van der Waals surface area (Å²) in [6, 6.07) is 15.7. The quantitative estimate of drug-likeness (QED) is 0.770. The van der Waals surface area contributed by atoms with Crippen molar-refractivity contribution in [3.8, 4) is 11.3 Å². The van der Waals surface area contributed by atoms with Gasteiger partial charge in [-0.25, -0.2) is 9.37 Å². The normalized spacial score (nSPS) is 10.5. The smallest absolute Gasteiger partial charge is 0.230 e. The monoisotopic (exact) mass is 326 g/mol. The number of rotatable bonds is 4. The van der Waals surface area contributed by atoms with E-state index in [-0.39, 0.29) is 11.7 Å². The maximum Gasteiger partial charge on any atom is 0.230 e. The second-order valence-corrected chi connectivity index (χ2v) is 6.34. The van der Waals surface area contributed by atoms with Gasteiger partial charge in [0, 0.05) is 10.4 Å². The van der Waals surface area contributed by atoms with Crippen molar-refractivity contribution < 1.29 is 9.18 Å². The molecule has 3 rings (SSSR count). The maximum absolute atomic E-state index is 13.0. The molecule has 1 heterocycles. The third kappa shape index (κ3) is 3.81. The summed E-state index contributed by atoms with van der Waals surface area (Å²) in [6.45, 7) is 1.93. The van der Waals surface area contributed by atoms with E-state index in [1.807, 2.05) is 37.3 Å². The maximum atomic E-state index is 13.0. The van der Waals surface area contributed by atoms with E-state index in [4.69, 9.17) is 0 Å². The largest absolute Gasteiger partial charge is 0.302 e. The Morgan fingerprint density at radius 2 is 1.83 bits per heavy atom. The Kier molecular flexibility index (Phi) is 4.48. The zero-order valence-electron chi connectivity index (χ0n) is 12.5. The lowest BCUT2D eigenvalue weighted by Crippen LogP contribution is -2.14. The lowest BCUT2D eigenvalue weighted by molar-refractivity contribution is -0.115. The Labute approximate surface area is 137 Å². The number of aryl methyl sites for hydroxylation is 1. The molecule has 0 spiro atoms. The molecular formula is C18H15FN2OS. The van der Waals surface area contributed by atoms with Gasteiger partial charge in [0.15, 0.2) is 5.13 Å². The number of amides is 1. The highest BCUT2D eigenvalue weighted by molar-refractivity contribution is 7.16. The molecule has 5 heteroatoms. The predicted molar refractivity (Wildman–Crippen MR) is 91.0 cm³/mol. The number of hydrogen-bond donors (Lipinski definition) is 1. The van der Waals surface area contributed by atoms with Gasteiger partial charge in [0.05, 0.1) is 12.1 Å². The van der Waals surface area contributed by atoms with Crippen LogP contribution in [0, 0.1) is 12.7 Å². The number of hydrogen-bond acceptors (Lipinski definition) is 3. The topological polar surface area (TPSA) is 42.0 Å². The van der Waals surface area contributed by atoms with Gasteiger partial charge in [-0.3, -0.25) is 4.79 Å². The second-order valence-electron chi connectivity index (χ2n) is 5.14. The van der Waals surface area contributed by atoms with Crippen molar-refractivity contribution in [2.75, 3.05) is 5.32 Å². The molecular weight excluding hydrogens is 311 g/mol. The lowest BCUT2D eigenvalue weighted by atomic mass is 10.1. The average molecular weight is 326 g/mol. The van der Waals surface area contributed by atoms with Gasteiger partial charge in [-0.2, -0.15) is 0 Å². The molecule has 0 aliphatic heterocycles. The van der Waals surface area contributed by atoms with E-state index in [0.717, 1.165) is 21.7 Å². The lowest BCUT2D eigenvalue weighted by Gasteiger charge is -2.01. The van der Waals surface area contributed by atoms with Crippen LogP contribution in [0.25, 0.3) is 11.3 Å². The van der Waals surface area contributed by atoms with Crippen LogP contribution in [0.5, 0.6) is 0 Å². The average Bonchev–Trinajstić information content (AvgIpc) is 2.89. The first-order valence-electron chi connectivity index (χ1n) is 7.19. The minimum Gasteiger partial charge on any atom is -0.302 e. The van der Waals surface area contributed by atoms with Crippen molar-refractivity contribution in [1.82, 2.24) is 4.98 Å². The fraction of sp³-hybridized carbons (Fsp3) is 0.111. The number of nitrogens with zero attached hydrogens (tertiary/aromatic N) is 1. The van der Waals surface area contributed by atoms with E-state index in [2.05, 4.69) is 10.3 Å². The SMILES string of the molecule is Cc1sc(NC(=O)Cc2ccccc2)nc1-c1ccc(F)cc1. The van der Waals surface area contributed by atoms with Crippen molar-refractivity contribution >= 4 is 22.4 Å². The van der Waals surface area contributed by atoms with Crippen LogP contribution in [-0.4, -0.2) is 10.9 Å². The van der Waals surface area contributed by atoms with Crippen LogP contribution in [0.4, 0.5) is 9.52 Å².